The van der Waals surface area contributed by atoms with Crippen LogP contribution >= 0.6 is 11.6 Å². The quantitative estimate of drug-likeness (QED) is 0.615. The Morgan fingerprint density at radius 1 is 1.12 bits per heavy atom. The summed E-state index contributed by atoms with van der Waals surface area (Å²) < 4.78 is 54.3. The van der Waals surface area contributed by atoms with E-state index in [1.54, 1.807) is 6.92 Å². The molecule has 0 unspecified atom stereocenters. The van der Waals surface area contributed by atoms with Gasteiger partial charge < -0.3 is 14.2 Å². The van der Waals surface area contributed by atoms with Crippen molar-refractivity contribution in [1.82, 2.24) is 0 Å². The van der Waals surface area contributed by atoms with E-state index in [0.29, 0.717) is 11.1 Å². The molecule has 0 N–H and O–H groups in total. The number of esters is 1. The first-order chi connectivity index (χ1) is 12.3. The number of hydrogen-bond donors (Lipinski definition) is 0. The van der Waals surface area contributed by atoms with Gasteiger partial charge in [-0.25, -0.2) is 4.79 Å². The summed E-state index contributed by atoms with van der Waals surface area (Å²) in [5.74, 6) is -0.300. The first-order valence-electron chi connectivity index (χ1n) is 7.59. The highest BCUT2D eigenvalue weighted by atomic mass is 35.5. The van der Waals surface area contributed by atoms with E-state index >= 15 is 0 Å². The molecule has 0 aromatic heterocycles. The minimum Gasteiger partial charge on any atom is -0.462 e. The van der Waals surface area contributed by atoms with Gasteiger partial charge in [-0.3, -0.25) is 0 Å². The molecule has 0 bridgehead atoms. The van der Waals surface area contributed by atoms with Crippen LogP contribution in [0.5, 0.6) is 11.5 Å². The molecule has 0 fully saturated rings. The van der Waals surface area contributed by atoms with E-state index in [4.69, 9.17) is 25.8 Å². The summed E-state index contributed by atoms with van der Waals surface area (Å²) in [7, 11) is 1.46. The van der Waals surface area contributed by atoms with E-state index in [1.165, 1.54) is 31.4 Å². The number of carbonyl (C=O) groups excluding carboxylic acids is 1. The summed E-state index contributed by atoms with van der Waals surface area (Å²) in [6.45, 7) is 2.01. The molecule has 0 aliphatic rings. The van der Waals surface area contributed by atoms with E-state index in [-0.39, 0.29) is 24.7 Å². The Bertz CT molecular complexity index is 790. The lowest BCUT2D eigenvalue weighted by atomic mass is 10.1. The SMILES string of the molecule is CCOC(=O)c1ccc(Oc2ccc(Cl)c(C(F)(F)F)c2)cc1COC. The summed E-state index contributed by atoms with van der Waals surface area (Å²) in [4.78, 5) is 11.9. The fourth-order valence-corrected chi connectivity index (χ4v) is 2.46. The molecule has 0 atom stereocenters. The van der Waals surface area contributed by atoms with Crippen molar-refractivity contribution < 1.29 is 32.2 Å². The molecule has 2 aromatic rings. The van der Waals surface area contributed by atoms with Crippen LogP contribution < -0.4 is 4.74 Å². The second-order valence-corrected chi connectivity index (χ2v) is 5.62. The van der Waals surface area contributed by atoms with Crippen LogP contribution in [0.25, 0.3) is 0 Å². The zero-order valence-electron chi connectivity index (χ0n) is 14.0. The van der Waals surface area contributed by atoms with E-state index in [9.17, 15) is 18.0 Å². The predicted octanol–water partition coefficient (Wildman–Crippen LogP) is 5.47. The van der Waals surface area contributed by atoms with Gasteiger partial charge in [0.15, 0.2) is 0 Å². The third-order valence-electron chi connectivity index (χ3n) is 3.35. The molecule has 2 aromatic carbocycles. The van der Waals surface area contributed by atoms with Crippen molar-refractivity contribution in [2.45, 2.75) is 19.7 Å². The molecule has 0 aliphatic heterocycles. The lowest BCUT2D eigenvalue weighted by molar-refractivity contribution is -0.137. The van der Waals surface area contributed by atoms with Crippen LogP contribution in [0.3, 0.4) is 0 Å². The molecule has 0 spiro atoms. The first kappa shape index (κ1) is 20.1. The second-order valence-electron chi connectivity index (χ2n) is 5.21. The Hall–Kier alpha value is -2.25. The molecule has 0 amide bonds. The van der Waals surface area contributed by atoms with Crippen molar-refractivity contribution in [2.75, 3.05) is 13.7 Å². The highest BCUT2D eigenvalue weighted by Gasteiger charge is 2.33. The van der Waals surface area contributed by atoms with Gasteiger partial charge in [-0.2, -0.15) is 13.2 Å². The van der Waals surface area contributed by atoms with Gasteiger partial charge in [-0.1, -0.05) is 11.6 Å². The fraction of sp³-hybridized carbons (Fsp3) is 0.278. The van der Waals surface area contributed by atoms with Crippen molar-refractivity contribution >= 4 is 17.6 Å². The van der Waals surface area contributed by atoms with Crippen LogP contribution in [0.1, 0.15) is 28.4 Å². The fourth-order valence-electron chi connectivity index (χ4n) is 2.24. The average Bonchev–Trinajstić information content (AvgIpc) is 2.56. The van der Waals surface area contributed by atoms with Crippen molar-refractivity contribution in [3.8, 4) is 11.5 Å². The summed E-state index contributed by atoms with van der Waals surface area (Å²) >= 11 is 5.59. The summed E-state index contributed by atoms with van der Waals surface area (Å²) in [6, 6.07) is 7.71. The number of alkyl halides is 3. The summed E-state index contributed by atoms with van der Waals surface area (Å²) in [5.41, 5.74) is -0.196. The molecule has 140 valence electrons. The number of benzene rings is 2. The topological polar surface area (TPSA) is 44.8 Å². The van der Waals surface area contributed by atoms with E-state index in [1.807, 2.05) is 0 Å². The molecule has 2 rings (SSSR count). The van der Waals surface area contributed by atoms with Gasteiger partial charge in [-0.05, 0) is 48.9 Å². The highest BCUT2D eigenvalue weighted by molar-refractivity contribution is 6.31. The predicted molar refractivity (Wildman–Crippen MR) is 89.6 cm³/mol. The third kappa shape index (κ3) is 4.89. The standard InChI is InChI=1S/C18H16ClF3O4/c1-3-25-17(23)14-6-4-12(8-11(14)10-24-2)26-13-5-7-16(19)15(9-13)18(20,21)22/h4-9H,3,10H2,1-2H3. The number of ether oxygens (including phenoxy) is 3. The number of rotatable bonds is 6. The molecule has 0 saturated carbocycles. The van der Waals surface area contributed by atoms with Crippen LogP contribution in [0.4, 0.5) is 13.2 Å². The van der Waals surface area contributed by atoms with Crippen molar-refractivity contribution in [1.29, 1.82) is 0 Å². The lowest BCUT2D eigenvalue weighted by Gasteiger charge is -2.13. The molecular weight excluding hydrogens is 373 g/mol. The van der Waals surface area contributed by atoms with Gasteiger partial charge in [0.2, 0.25) is 0 Å². The Morgan fingerprint density at radius 3 is 2.38 bits per heavy atom. The first-order valence-corrected chi connectivity index (χ1v) is 7.97. The van der Waals surface area contributed by atoms with Gasteiger partial charge >= 0.3 is 12.1 Å². The third-order valence-corrected chi connectivity index (χ3v) is 3.68. The normalized spacial score (nSPS) is 11.3. The number of halogens is 4. The Kier molecular flexibility index (Phi) is 6.50. The maximum Gasteiger partial charge on any atom is 0.417 e. The van der Waals surface area contributed by atoms with Crippen LogP contribution in [0.2, 0.25) is 5.02 Å². The number of hydrogen-bond acceptors (Lipinski definition) is 4. The van der Waals surface area contributed by atoms with Crippen molar-refractivity contribution in [3.63, 3.8) is 0 Å². The molecule has 0 saturated heterocycles. The molecule has 26 heavy (non-hydrogen) atoms. The average molecular weight is 389 g/mol. The number of methoxy groups -OCH3 is 1. The van der Waals surface area contributed by atoms with E-state index < -0.39 is 22.7 Å². The van der Waals surface area contributed by atoms with Crippen LogP contribution in [0.15, 0.2) is 36.4 Å². The summed E-state index contributed by atoms with van der Waals surface area (Å²) in [6.07, 6.45) is -4.59. The molecule has 0 heterocycles. The van der Waals surface area contributed by atoms with Crippen LogP contribution in [-0.2, 0) is 22.3 Å². The van der Waals surface area contributed by atoms with Gasteiger partial charge in [0, 0.05) is 7.11 Å². The van der Waals surface area contributed by atoms with Gasteiger partial charge in [0.25, 0.3) is 0 Å². The molecule has 8 heteroatoms. The number of carbonyl (C=O) groups is 1. The zero-order chi connectivity index (χ0) is 19.3. The molecule has 0 aliphatic carbocycles. The van der Waals surface area contributed by atoms with Gasteiger partial charge in [0.05, 0.1) is 29.4 Å². The monoisotopic (exact) mass is 388 g/mol. The highest BCUT2D eigenvalue weighted by Crippen LogP contribution is 2.37. The van der Waals surface area contributed by atoms with E-state index in [0.717, 1.165) is 12.1 Å². The Labute approximate surface area is 153 Å². The van der Waals surface area contributed by atoms with Crippen LogP contribution in [0, 0.1) is 0 Å². The van der Waals surface area contributed by atoms with Crippen molar-refractivity contribution in [2.24, 2.45) is 0 Å². The van der Waals surface area contributed by atoms with Gasteiger partial charge in [-0.15, -0.1) is 0 Å². The molecular formula is C18H16ClF3O4. The van der Waals surface area contributed by atoms with Crippen molar-refractivity contribution in [3.05, 3.63) is 58.1 Å². The largest absolute Gasteiger partial charge is 0.462 e. The maximum absolute atomic E-state index is 12.9. The van der Waals surface area contributed by atoms with E-state index in [2.05, 4.69) is 0 Å². The molecule has 4 nitrogen and oxygen atoms in total. The Morgan fingerprint density at radius 2 is 1.77 bits per heavy atom. The Balaban J connectivity index is 2.33. The summed E-state index contributed by atoms with van der Waals surface area (Å²) in [5, 5.41) is -0.414. The maximum atomic E-state index is 12.9. The minimum absolute atomic E-state index is 0.0334. The van der Waals surface area contributed by atoms with Crippen LogP contribution in [-0.4, -0.2) is 19.7 Å². The lowest BCUT2D eigenvalue weighted by Crippen LogP contribution is -2.09. The smallest absolute Gasteiger partial charge is 0.417 e. The molecule has 0 radical (unpaired) electrons. The second kappa shape index (κ2) is 8.42. The van der Waals surface area contributed by atoms with Gasteiger partial charge in [0.1, 0.15) is 11.5 Å². The zero-order valence-corrected chi connectivity index (χ0v) is 14.8. The minimum atomic E-state index is -4.59.